The van der Waals surface area contributed by atoms with E-state index < -0.39 is 0 Å². The summed E-state index contributed by atoms with van der Waals surface area (Å²) < 4.78 is 5.32. The van der Waals surface area contributed by atoms with Gasteiger partial charge in [-0.25, -0.2) is 0 Å². The van der Waals surface area contributed by atoms with Crippen LogP contribution in [0.5, 0.6) is 0 Å². The van der Waals surface area contributed by atoms with Crippen LogP contribution in [-0.4, -0.2) is 43.3 Å². The first kappa shape index (κ1) is 14.5. The maximum atomic E-state index is 5.99. The van der Waals surface area contributed by atoms with Crippen molar-refractivity contribution in [3.63, 3.8) is 0 Å². The van der Waals surface area contributed by atoms with Gasteiger partial charge in [-0.3, -0.25) is 4.90 Å². The van der Waals surface area contributed by atoms with Crippen LogP contribution in [0.25, 0.3) is 0 Å². The van der Waals surface area contributed by atoms with Gasteiger partial charge in [-0.1, -0.05) is 0 Å². The molecule has 0 aromatic rings. The van der Waals surface area contributed by atoms with Crippen LogP contribution < -0.4 is 5.73 Å². The molecule has 0 unspecified atom stereocenters. The van der Waals surface area contributed by atoms with Gasteiger partial charge in [0, 0.05) is 18.7 Å². The third-order valence-electron chi connectivity index (χ3n) is 2.97. The van der Waals surface area contributed by atoms with Crippen LogP contribution >= 0.6 is 24.8 Å². The molecule has 0 aromatic carbocycles. The van der Waals surface area contributed by atoms with E-state index in [1.54, 1.807) is 0 Å². The lowest BCUT2D eigenvalue weighted by molar-refractivity contribution is 0.0257. The minimum absolute atomic E-state index is 0. The molecule has 0 amide bonds. The molecule has 0 saturated carbocycles. The van der Waals surface area contributed by atoms with E-state index in [4.69, 9.17) is 10.5 Å². The topological polar surface area (TPSA) is 38.5 Å². The third kappa shape index (κ3) is 3.24. The molecular weight excluding hydrogens is 223 g/mol. The minimum atomic E-state index is 0. The van der Waals surface area contributed by atoms with Crippen LogP contribution in [0, 0.1) is 0 Å². The van der Waals surface area contributed by atoms with Crippen molar-refractivity contribution in [3.8, 4) is 0 Å². The van der Waals surface area contributed by atoms with Crippen molar-refractivity contribution >= 4 is 24.8 Å². The fourth-order valence-corrected chi connectivity index (χ4v) is 2.28. The quantitative estimate of drug-likeness (QED) is 0.748. The van der Waals surface area contributed by atoms with Crippen molar-refractivity contribution in [1.82, 2.24) is 4.90 Å². The van der Waals surface area contributed by atoms with Crippen molar-refractivity contribution in [2.45, 2.75) is 31.3 Å². The van der Waals surface area contributed by atoms with E-state index in [1.807, 2.05) is 0 Å². The van der Waals surface area contributed by atoms with Gasteiger partial charge >= 0.3 is 0 Å². The summed E-state index contributed by atoms with van der Waals surface area (Å²) in [5, 5.41) is 0. The number of ether oxygens (including phenoxy) is 1. The molecule has 0 bridgehead atoms. The van der Waals surface area contributed by atoms with E-state index in [9.17, 15) is 0 Å². The van der Waals surface area contributed by atoms with Gasteiger partial charge in [0.2, 0.25) is 0 Å². The Kier molecular flexibility index (Phi) is 7.08. The van der Waals surface area contributed by atoms with Crippen LogP contribution in [0.4, 0.5) is 0 Å². The zero-order valence-electron chi connectivity index (χ0n) is 8.35. The molecule has 3 nitrogen and oxygen atoms in total. The Morgan fingerprint density at radius 2 is 1.79 bits per heavy atom. The molecule has 86 valence electrons. The molecule has 5 heteroatoms. The zero-order chi connectivity index (χ0) is 8.39. The Bertz CT molecular complexity index is 154. The Morgan fingerprint density at radius 1 is 1.14 bits per heavy atom. The van der Waals surface area contributed by atoms with Gasteiger partial charge in [-0.05, 0) is 32.4 Å². The molecule has 0 spiro atoms. The summed E-state index contributed by atoms with van der Waals surface area (Å²) in [6, 6.07) is 0.845. The first-order valence-corrected chi connectivity index (χ1v) is 4.95. The second-order valence-corrected chi connectivity index (χ2v) is 3.84. The van der Waals surface area contributed by atoms with E-state index in [0.717, 1.165) is 19.6 Å². The Hall–Kier alpha value is 0.460. The molecule has 14 heavy (non-hydrogen) atoms. The molecule has 2 aliphatic rings. The number of rotatable bonds is 1. The monoisotopic (exact) mass is 242 g/mol. The molecule has 2 rings (SSSR count). The van der Waals surface area contributed by atoms with Gasteiger partial charge in [0.05, 0.1) is 6.61 Å². The number of halogens is 2. The molecular formula is C9H20Cl2N2O. The van der Waals surface area contributed by atoms with Crippen molar-refractivity contribution in [2.24, 2.45) is 5.73 Å². The van der Waals surface area contributed by atoms with Gasteiger partial charge in [-0.2, -0.15) is 0 Å². The van der Waals surface area contributed by atoms with Gasteiger partial charge < -0.3 is 10.5 Å². The average Bonchev–Trinajstić information content (AvgIpc) is 2.57. The highest BCUT2D eigenvalue weighted by Crippen LogP contribution is 2.18. The number of nitrogens with two attached hydrogens (primary N) is 1. The first-order chi connectivity index (χ1) is 5.88. The second-order valence-electron chi connectivity index (χ2n) is 3.84. The summed E-state index contributed by atoms with van der Waals surface area (Å²) >= 11 is 0. The van der Waals surface area contributed by atoms with Crippen LogP contribution in [0.1, 0.15) is 19.3 Å². The van der Waals surface area contributed by atoms with E-state index >= 15 is 0 Å². The van der Waals surface area contributed by atoms with Crippen LogP contribution in [0.15, 0.2) is 0 Å². The largest absolute Gasteiger partial charge is 0.380 e. The Labute approximate surface area is 98.2 Å². The molecule has 2 heterocycles. The maximum Gasteiger partial charge on any atom is 0.0632 e. The van der Waals surface area contributed by atoms with Crippen LogP contribution in [0.3, 0.4) is 0 Å². The molecule has 2 fully saturated rings. The van der Waals surface area contributed by atoms with E-state index in [1.165, 1.54) is 25.9 Å². The van der Waals surface area contributed by atoms with Crippen LogP contribution in [-0.2, 0) is 4.74 Å². The lowest BCUT2D eigenvalue weighted by atomic mass is 10.0. The summed E-state index contributed by atoms with van der Waals surface area (Å²) in [5.74, 6) is 0. The number of likely N-dealkylation sites (tertiary alicyclic amines) is 1. The highest BCUT2D eigenvalue weighted by molar-refractivity contribution is 5.85. The molecule has 0 aliphatic carbocycles. The highest BCUT2D eigenvalue weighted by Gasteiger charge is 2.29. The molecule has 2 atom stereocenters. The summed E-state index contributed by atoms with van der Waals surface area (Å²) in [6.45, 7) is 4.15. The third-order valence-corrected chi connectivity index (χ3v) is 2.97. The van der Waals surface area contributed by atoms with Crippen LogP contribution in [0.2, 0.25) is 0 Å². The van der Waals surface area contributed by atoms with Gasteiger partial charge in [0.15, 0.2) is 0 Å². The van der Waals surface area contributed by atoms with Crippen molar-refractivity contribution < 1.29 is 4.74 Å². The van der Waals surface area contributed by atoms with Gasteiger partial charge in [-0.15, -0.1) is 24.8 Å². The second kappa shape index (κ2) is 6.85. The summed E-state index contributed by atoms with van der Waals surface area (Å²) in [7, 11) is 0. The normalized spacial score (nSPS) is 33.2. The first-order valence-electron chi connectivity index (χ1n) is 4.95. The minimum Gasteiger partial charge on any atom is -0.380 e. The molecule has 2 N–H and O–H groups in total. The molecule has 0 aromatic heterocycles. The van der Waals surface area contributed by atoms with Gasteiger partial charge in [0.25, 0.3) is 0 Å². The zero-order valence-corrected chi connectivity index (χ0v) is 9.99. The standard InChI is InChI=1S/C9H18N2O.2ClH/c10-8-7-12-6-3-9(8)11-4-1-2-5-11;;/h8-9H,1-7,10H2;2*1H/t8-,9-;;/m1../s1. The summed E-state index contributed by atoms with van der Waals surface area (Å²) in [4.78, 5) is 2.53. The Morgan fingerprint density at radius 3 is 2.36 bits per heavy atom. The number of hydrogen-bond acceptors (Lipinski definition) is 3. The Balaban J connectivity index is 0.000000845. The number of nitrogens with zero attached hydrogens (tertiary/aromatic N) is 1. The average molecular weight is 243 g/mol. The summed E-state index contributed by atoms with van der Waals surface area (Å²) in [5.41, 5.74) is 5.99. The summed E-state index contributed by atoms with van der Waals surface area (Å²) in [6.07, 6.45) is 3.83. The number of hydrogen-bond donors (Lipinski definition) is 1. The SMILES string of the molecule is Cl.Cl.N[C@@H]1COCC[C@H]1N1CCCC1. The van der Waals surface area contributed by atoms with E-state index in [-0.39, 0.29) is 30.9 Å². The highest BCUT2D eigenvalue weighted by atomic mass is 35.5. The molecule has 0 radical (unpaired) electrons. The fraction of sp³-hybridized carbons (Fsp3) is 1.00. The van der Waals surface area contributed by atoms with E-state index in [2.05, 4.69) is 4.90 Å². The van der Waals surface area contributed by atoms with Crippen molar-refractivity contribution in [3.05, 3.63) is 0 Å². The van der Waals surface area contributed by atoms with Crippen molar-refractivity contribution in [1.29, 1.82) is 0 Å². The van der Waals surface area contributed by atoms with E-state index in [0.29, 0.717) is 6.04 Å². The molecule has 2 aliphatic heterocycles. The fourth-order valence-electron chi connectivity index (χ4n) is 2.28. The predicted octanol–water partition coefficient (Wildman–Crippen LogP) is 1.04. The van der Waals surface area contributed by atoms with Gasteiger partial charge in [0.1, 0.15) is 0 Å². The lowest BCUT2D eigenvalue weighted by Gasteiger charge is -2.35. The molecule has 2 saturated heterocycles. The smallest absolute Gasteiger partial charge is 0.0632 e. The van der Waals surface area contributed by atoms with Crippen molar-refractivity contribution in [2.75, 3.05) is 26.3 Å². The predicted molar refractivity (Wildman–Crippen MR) is 62.5 cm³/mol. The maximum absolute atomic E-state index is 5.99. The lowest BCUT2D eigenvalue weighted by Crippen LogP contribution is -2.52.